The average Bonchev–Trinajstić information content (AvgIpc) is 2.30. The molecule has 0 aliphatic carbocycles. The Morgan fingerprint density at radius 2 is 1.82 bits per heavy atom. The van der Waals surface area contributed by atoms with Gasteiger partial charge in [0.15, 0.2) is 0 Å². The molecule has 0 aliphatic heterocycles. The summed E-state index contributed by atoms with van der Waals surface area (Å²) in [6, 6.07) is 0.334. The summed E-state index contributed by atoms with van der Waals surface area (Å²) in [6.45, 7) is 7.01. The van der Waals surface area contributed by atoms with E-state index in [1.807, 2.05) is 20.8 Å². The summed E-state index contributed by atoms with van der Waals surface area (Å²) < 4.78 is 0. The van der Waals surface area contributed by atoms with E-state index in [9.17, 15) is 9.59 Å². The molecule has 0 aromatic rings. The van der Waals surface area contributed by atoms with E-state index in [2.05, 4.69) is 10.6 Å². The molecule has 0 saturated carbocycles. The minimum atomic E-state index is 0.0448. The van der Waals surface area contributed by atoms with Gasteiger partial charge in [-0.05, 0) is 12.8 Å². The molecule has 4 nitrogen and oxygen atoms in total. The van der Waals surface area contributed by atoms with Crippen LogP contribution >= 0.6 is 0 Å². The van der Waals surface area contributed by atoms with Crippen LogP contribution < -0.4 is 10.6 Å². The van der Waals surface area contributed by atoms with Gasteiger partial charge >= 0.3 is 0 Å². The fourth-order valence-electron chi connectivity index (χ4n) is 1.39. The number of hydrogen-bond acceptors (Lipinski definition) is 3. The third kappa shape index (κ3) is 11.4. The minimum absolute atomic E-state index is 0.0448. The van der Waals surface area contributed by atoms with Crippen LogP contribution in [0.2, 0.25) is 0 Å². The molecule has 0 fully saturated rings. The van der Waals surface area contributed by atoms with Gasteiger partial charge in [-0.2, -0.15) is 0 Å². The molecule has 0 unspecified atom stereocenters. The molecule has 0 heterocycles. The largest absolute Gasteiger partial charge is 0.355 e. The predicted octanol–water partition coefficient (Wildman–Crippen LogP) is 1.64. The van der Waals surface area contributed by atoms with E-state index < -0.39 is 0 Å². The third-order valence-corrected chi connectivity index (χ3v) is 2.52. The summed E-state index contributed by atoms with van der Waals surface area (Å²) in [5, 5.41) is 5.92. The summed E-state index contributed by atoms with van der Waals surface area (Å²) in [4.78, 5) is 22.3. The predicted molar refractivity (Wildman–Crippen MR) is 69.9 cm³/mol. The van der Waals surface area contributed by atoms with Crippen LogP contribution in [0.3, 0.4) is 0 Å². The fourth-order valence-corrected chi connectivity index (χ4v) is 1.39. The van der Waals surface area contributed by atoms with Crippen molar-refractivity contribution in [2.24, 2.45) is 0 Å². The highest BCUT2D eigenvalue weighted by molar-refractivity contribution is 5.78. The fraction of sp³-hybridized carbons (Fsp3) is 0.846. The van der Waals surface area contributed by atoms with Gasteiger partial charge in [-0.15, -0.1) is 0 Å². The van der Waals surface area contributed by atoms with Crippen molar-refractivity contribution in [2.45, 2.75) is 58.9 Å². The smallest absolute Gasteiger partial charge is 0.233 e. The first-order valence-electron chi connectivity index (χ1n) is 6.58. The number of carbonyl (C=O) groups excluding carboxylic acids is 2. The van der Waals surface area contributed by atoms with Gasteiger partial charge in [0.2, 0.25) is 5.91 Å². The zero-order chi connectivity index (χ0) is 13.1. The molecular weight excluding hydrogens is 216 g/mol. The summed E-state index contributed by atoms with van der Waals surface area (Å²) >= 11 is 0. The lowest BCUT2D eigenvalue weighted by molar-refractivity contribution is -0.120. The number of Topliss-reactive ketones (excluding diaryl/α,β-unsaturated/α-hetero) is 1. The van der Waals surface area contributed by atoms with E-state index in [1.165, 1.54) is 0 Å². The molecule has 0 atom stereocenters. The van der Waals surface area contributed by atoms with E-state index in [4.69, 9.17) is 0 Å². The van der Waals surface area contributed by atoms with Crippen molar-refractivity contribution in [2.75, 3.05) is 13.1 Å². The van der Waals surface area contributed by atoms with Crippen molar-refractivity contribution in [3.63, 3.8) is 0 Å². The van der Waals surface area contributed by atoms with Crippen molar-refractivity contribution in [3.8, 4) is 0 Å². The molecule has 100 valence electrons. The van der Waals surface area contributed by atoms with Crippen LogP contribution in [0.4, 0.5) is 0 Å². The van der Waals surface area contributed by atoms with Crippen LogP contribution in [0.1, 0.15) is 52.9 Å². The number of amides is 1. The van der Waals surface area contributed by atoms with Crippen molar-refractivity contribution in [3.05, 3.63) is 0 Å². The molecule has 0 saturated heterocycles. The van der Waals surface area contributed by atoms with Gasteiger partial charge in [-0.3, -0.25) is 9.59 Å². The molecule has 2 N–H and O–H groups in total. The maximum Gasteiger partial charge on any atom is 0.233 e. The van der Waals surface area contributed by atoms with Crippen molar-refractivity contribution >= 4 is 11.7 Å². The van der Waals surface area contributed by atoms with E-state index in [0.29, 0.717) is 37.8 Å². The topological polar surface area (TPSA) is 58.2 Å². The second-order valence-electron chi connectivity index (χ2n) is 4.59. The molecule has 17 heavy (non-hydrogen) atoms. The Hall–Kier alpha value is -0.900. The Balaban J connectivity index is 3.27. The van der Waals surface area contributed by atoms with Gasteiger partial charge < -0.3 is 10.6 Å². The van der Waals surface area contributed by atoms with Crippen molar-refractivity contribution in [1.29, 1.82) is 0 Å². The number of ketones is 1. The highest BCUT2D eigenvalue weighted by Crippen LogP contribution is 2.01. The Bertz CT molecular complexity index is 227. The maximum atomic E-state index is 11.3. The van der Waals surface area contributed by atoms with Crippen LogP contribution in [-0.4, -0.2) is 30.8 Å². The van der Waals surface area contributed by atoms with Crippen LogP contribution in [0, 0.1) is 0 Å². The van der Waals surface area contributed by atoms with Gasteiger partial charge in [0.05, 0.1) is 6.54 Å². The van der Waals surface area contributed by atoms with Crippen LogP contribution in [0.5, 0.6) is 0 Å². The summed E-state index contributed by atoms with van der Waals surface area (Å²) in [5.74, 6) is 0.374. The number of carbonyl (C=O) groups is 2. The third-order valence-electron chi connectivity index (χ3n) is 2.52. The van der Waals surface area contributed by atoms with Crippen molar-refractivity contribution in [1.82, 2.24) is 10.6 Å². The lowest BCUT2D eigenvalue weighted by Gasteiger charge is -2.08. The van der Waals surface area contributed by atoms with E-state index in [0.717, 1.165) is 19.3 Å². The van der Waals surface area contributed by atoms with Gasteiger partial charge in [-0.25, -0.2) is 0 Å². The van der Waals surface area contributed by atoms with Crippen molar-refractivity contribution < 1.29 is 9.59 Å². The van der Waals surface area contributed by atoms with Gasteiger partial charge in [0.1, 0.15) is 5.78 Å². The maximum absolute atomic E-state index is 11.3. The first-order valence-corrected chi connectivity index (χ1v) is 6.58. The molecule has 0 spiro atoms. The van der Waals surface area contributed by atoms with Gasteiger partial charge in [0.25, 0.3) is 0 Å². The zero-order valence-corrected chi connectivity index (χ0v) is 11.3. The lowest BCUT2D eigenvalue weighted by Crippen LogP contribution is -2.37. The Morgan fingerprint density at radius 3 is 2.41 bits per heavy atom. The van der Waals surface area contributed by atoms with Gasteiger partial charge in [-0.1, -0.05) is 27.2 Å². The highest BCUT2D eigenvalue weighted by Gasteiger charge is 2.01. The molecule has 0 aliphatic rings. The second kappa shape index (κ2) is 10.3. The van der Waals surface area contributed by atoms with E-state index >= 15 is 0 Å². The average molecular weight is 242 g/mol. The van der Waals surface area contributed by atoms with E-state index in [-0.39, 0.29) is 5.91 Å². The zero-order valence-electron chi connectivity index (χ0n) is 11.3. The lowest BCUT2D eigenvalue weighted by atomic mass is 10.1. The summed E-state index contributed by atoms with van der Waals surface area (Å²) in [6.07, 6.45) is 4.21. The molecular formula is C13H26N2O2. The Labute approximate surface area is 105 Å². The quantitative estimate of drug-likeness (QED) is 0.573. The van der Waals surface area contributed by atoms with Crippen LogP contribution in [0.25, 0.3) is 0 Å². The molecule has 4 heteroatoms. The Morgan fingerprint density at radius 1 is 1.12 bits per heavy atom. The first kappa shape index (κ1) is 16.1. The SMILES string of the molecule is CCC(=O)CCCCCNC(=O)CNC(C)C. The molecule has 0 bridgehead atoms. The molecule has 0 rings (SSSR count). The van der Waals surface area contributed by atoms with E-state index in [1.54, 1.807) is 0 Å². The number of hydrogen-bond donors (Lipinski definition) is 2. The monoisotopic (exact) mass is 242 g/mol. The molecule has 0 aromatic heterocycles. The molecule has 0 aromatic carbocycles. The summed E-state index contributed by atoms with van der Waals surface area (Å²) in [7, 11) is 0. The van der Waals surface area contributed by atoms with Crippen LogP contribution in [0.15, 0.2) is 0 Å². The summed E-state index contributed by atoms with van der Waals surface area (Å²) in [5.41, 5.74) is 0. The molecule has 1 amide bonds. The second-order valence-corrected chi connectivity index (χ2v) is 4.59. The normalized spacial score (nSPS) is 10.6. The minimum Gasteiger partial charge on any atom is -0.355 e. The Kier molecular flexibility index (Phi) is 9.72. The van der Waals surface area contributed by atoms with Gasteiger partial charge in [0, 0.05) is 25.4 Å². The number of nitrogens with one attached hydrogen (secondary N) is 2. The highest BCUT2D eigenvalue weighted by atomic mass is 16.2. The molecule has 0 radical (unpaired) electrons. The number of unbranched alkanes of at least 4 members (excludes halogenated alkanes) is 2. The van der Waals surface area contributed by atoms with Crippen LogP contribution in [-0.2, 0) is 9.59 Å². The number of rotatable bonds is 10. The first-order chi connectivity index (χ1) is 8.06. The standard InChI is InChI=1S/C13H26N2O2/c1-4-12(16)8-6-5-7-9-14-13(17)10-15-11(2)3/h11,15H,4-10H2,1-3H3,(H,14,17).